The van der Waals surface area contributed by atoms with E-state index in [4.69, 9.17) is 16.0 Å². The second kappa shape index (κ2) is 1.29. The summed E-state index contributed by atoms with van der Waals surface area (Å²) in [4.78, 5) is 3.26. The second-order valence-electron chi connectivity index (χ2n) is 1.30. The number of hydrogen-bond acceptors (Lipinski definition) is 4. The van der Waals surface area contributed by atoms with Gasteiger partial charge in [-0.2, -0.15) is 9.71 Å². The third-order valence-electron chi connectivity index (χ3n) is 0.702. The zero-order valence-electron chi connectivity index (χ0n) is 3.94. The molecule has 0 spiro atoms. The molecule has 0 atom stereocenters. The number of nitrogen functional groups attached to an aromatic ring is 1. The van der Waals surface area contributed by atoms with E-state index >= 15 is 0 Å². The molecule has 1 aromatic rings. The van der Waals surface area contributed by atoms with Crippen molar-refractivity contribution >= 4 is 5.95 Å². The zero-order valence-corrected chi connectivity index (χ0v) is 3.94. The van der Waals surface area contributed by atoms with Crippen LogP contribution in [0.25, 0.3) is 0 Å². The highest BCUT2D eigenvalue weighted by molar-refractivity contribution is 5.22. The zero-order chi connectivity index (χ0) is 6.15. The highest BCUT2D eigenvalue weighted by Crippen LogP contribution is 2.06. The summed E-state index contributed by atoms with van der Waals surface area (Å²) in [6.45, 7) is 0. The van der Waals surface area contributed by atoms with Crippen LogP contribution in [-0.2, 0) is 0 Å². The Labute approximate surface area is 45.0 Å². The van der Waals surface area contributed by atoms with Crippen LogP contribution in [0.4, 0.5) is 5.95 Å². The molecule has 0 aliphatic rings. The maximum atomic E-state index is 8.51. The summed E-state index contributed by atoms with van der Waals surface area (Å²) in [7, 11) is 0. The number of aromatic hydroxyl groups is 1. The molecular weight excluding hydrogens is 110 g/mol. The molecule has 0 saturated carbocycles. The van der Waals surface area contributed by atoms with Crippen molar-refractivity contribution < 1.29 is 10.3 Å². The number of nitrogens with two attached hydrogens (primary N) is 1. The van der Waals surface area contributed by atoms with Gasteiger partial charge in [-0.3, -0.25) is 0 Å². The van der Waals surface area contributed by atoms with Crippen LogP contribution in [0.15, 0.2) is 6.20 Å². The topological polar surface area (TPSA) is 84.3 Å². The summed E-state index contributed by atoms with van der Waals surface area (Å²) < 4.78 is 0.537. The second-order valence-corrected chi connectivity index (χ2v) is 1.30. The van der Waals surface area contributed by atoms with E-state index < -0.39 is 0 Å². The summed E-state index contributed by atoms with van der Waals surface area (Å²) in [5.41, 5.74) is 4.98. The summed E-state index contributed by atoms with van der Waals surface area (Å²) in [6.07, 6.45) is 0.995. The quantitative estimate of drug-likeness (QED) is 0.394. The molecular formula is C3H5N3O2. The molecule has 1 aromatic heterocycles. The SMILES string of the molecule is Nc1nc(O)cn1O. The largest absolute Gasteiger partial charge is 0.492 e. The lowest BCUT2D eigenvalue weighted by atomic mass is 10.9. The average Bonchev–Trinajstić information content (AvgIpc) is 1.85. The van der Waals surface area contributed by atoms with Gasteiger partial charge in [0, 0.05) is 0 Å². The molecule has 0 fully saturated rings. The van der Waals surface area contributed by atoms with E-state index in [2.05, 4.69) is 4.98 Å². The van der Waals surface area contributed by atoms with Gasteiger partial charge in [-0.25, -0.2) is 0 Å². The lowest BCUT2D eigenvalue weighted by Gasteiger charge is -1.85. The molecule has 44 valence electrons. The van der Waals surface area contributed by atoms with Gasteiger partial charge in [-0.1, -0.05) is 0 Å². The number of rotatable bonds is 0. The Morgan fingerprint density at radius 2 is 2.38 bits per heavy atom. The first-order valence-corrected chi connectivity index (χ1v) is 1.93. The Morgan fingerprint density at radius 1 is 1.75 bits per heavy atom. The molecule has 0 saturated heterocycles. The fraction of sp³-hybridized carbons (Fsp3) is 0. The standard InChI is InChI=1S/C3H5N3O2/c4-3-5-2(7)1-6(3)8/h1,7-8H,(H2,4,5). The number of hydrogen-bond donors (Lipinski definition) is 3. The molecule has 0 bridgehead atoms. The van der Waals surface area contributed by atoms with E-state index in [0.29, 0.717) is 4.73 Å². The Hall–Kier alpha value is -1.39. The third-order valence-corrected chi connectivity index (χ3v) is 0.702. The van der Waals surface area contributed by atoms with E-state index in [9.17, 15) is 0 Å². The molecule has 1 rings (SSSR count). The molecule has 0 aromatic carbocycles. The number of nitrogens with zero attached hydrogens (tertiary/aromatic N) is 2. The fourth-order valence-electron chi connectivity index (χ4n) is 0.373. The van der Waals surface area contributed by atoms with E-state index in [1.807, 2.05) is 0 Å². The van der Waals surface area contributed by atoms with Crippen molar-refractivity contribution in [1.29, 1.82) is 0 Å². The lowest BCUT2D eigenvalue weighted by Crippen LogP contribution is -1.95. The Balaban J connectivity index is 3.14. The fourth-order valence-corrected chi connectivity index (χ4v) is 0.373. The Kier molecular flexibility index (Phi) is 0.768. The van der Waals surface area contributed by atoms with Crippen LogP contribution < -0.4 is 5.73 Å². The minimum absolute atomic E-state index is 0.123. The van der Waals surface area contributed by atoms with Crippen molar-refractivity contribution in [2.75, 3.05) is 5.73 Å². The molecule has 5 nitrogen and oxygen atoms in total. The molecule has 0 amide bonds. The maximum Gasteiger partial charge on any atom is 0.237 e. The summed E-state index contributed by atoms with van der Waals surface area (Å²) in [5, 5.41) is 17.0. The molecule has 0 aliphatic carbocycles. The minimum atomic E-state index is -0.287. The van der Waals surface area contributed by atoms with Crippen LogP contribution in [0, 0.1) is 0 Å². The molecule has 5 heteroatoms. The van der Waals surface area contributed by atoms with Gasteiger partial charge in [0.15, 0.2) is 0 Å². The number of anilines is 1. The van der Waals surface area contributed by atoms with Gasteiger partial charge in [0.25, 0.3) is 0 Å². The van der Waals surface area contributed by atoms with Gasteiger partial charge >= 0.3 is 0 Å². The van der Waals surface area contributed by atoms with Crippen LogP contribution in [-0.4, -0.2) is 20.0 Å². The van der Waals surface area contributed by atoms with Crippen LogP contribution >= 0.6 is 0 Å². The van der Waals surface area contributed by atoms with Crippen LogP contribution in [0.2, 0.25) is 0 Å². The monoisotopic (exact) mass is 115 g/mol. The van der Waals surface area contributed by atoms with Gasteiger partial charge in [0.2, 0.25) is 11.8 Å². The van der Waals surface area contributed by atoms with Crippen molar-refractivity contribution in [3.8, 4) is 5.88 Å². The first kappa shape index (κ1) is 4.76. The molecule has 1 heterocycles. The highest BCUT2D eigenvalue weighted by Gasteiger charge is 1.97. The van der Waals surface area contributed by atoms with Gasteiger partial charge in [-0.15, -0.1) is 0 Å². The van der Waals surface area contributed by atoms with Gasteiger partial charge in [-0.05, 0) is 0 Å². The summed E-state index contributed by atoms with van der Waals surface area (Å²) in [6, 6.07) is 0. The average molecular weight is 115 g/mol. The van der Waals surface area contributed by atoms with Crippen molar-refractivity contribution in [3.05, 3.63) is 6.20 Å². The summed E-state index contributed by atoms with van der Waals surface area (Å²) in [5.74, 6) is -0.410. The van der Waals surface area contributed by atoms with Crippen LogP contribution in [0.3, 0.4) is 0 Å². The van der Waals surface area contributed by atoms with Crippen molar-refractivity contribution in [3.63, 3.8) is 0 Å². The lowest BCUT2D eigenvalue weighted by molar-refractivity contribution is 0.191. The number of imidazole rings is 1. The highest BCUT2D eigenvalue weighted by atomic mass is 16.5. The first-order valence-electron chi connectivity index (χ1n) is 1.93. The Morgan fingerprint density at radius 3 is 2.50 bits per heavy atom. The van der Waals surface area contributed by atoms with Crippen LogP contribution in [0.1, 0.15) is 0 Å². The maximum absolute atomic E-state index is 8.51. The van der Waals surface area contributed by atoms with E-state index in [0.717, 1.165) is 6.20 Å². The molecule has 4 N–H and O–H groups in total. The summed E-state index contributed by atoms with van der Waals surface area (Å²) >= 11 is 0. The predicted octanol–water partition coefficient (Wildman–Crippen LogP) is -0.592. The molecule has 8 heavy (non-hydrogen) atoms. The van der Waals surface area contributed by atoms with Crippen molar-refractivity contribution in [1.82, 2.24) is 9.71 Å². The smallest absolute Gasteiger partial charge is 0.237 e. The predicted molar refractivity (Wildman–Crippen MR) is 25.5 cm³/mol. The number of aromatic nitrogens is 2. The van der Waals surface area contributed by atoms with E-state index in [-0.39, 0.29) is 11.8 Å². The van der Waals surface area contributed by atoms with Crippen LogP contribution in [0.5, 0.6) is 5.88 Å². The van der Waals surface area contributed by atoms with Crippen molar-refractivity contribution in [2.24, 2.45) is 0 Å². The van der Waals surface area contributed by atoms with Gasteiger partial charge in [0.1, 0.15) is 6.20 Å². The van der Waals surface area contributed by atoms with Gasteiger partial charge in [0.05, 0.1) is 0 Å². The first-order chi connectivity index (χ1) is 3.70. The normalized spacial score (nSPS) is 9.50. The van der Waals surface area contributed by atoms with E-state index in [1.165, 1.54) is 0 Å². The van der Waals surface area contributed by atoms with Gasteiger partial charge < -0.3 is 16.0 Å². The molecule has 0 aliphatic heterocycles. The third kappa shape index (κ3) is 0.534. The van der Waals surface area contributed by atoms with E-state index in [1.54, 1.807) is 0 Å². The minimum Gasteiger partial charge on any atom is -0.492 e. The molecule has 0 unspecified atom stereocenters. The van der Waals surface area contributed by atoms with Crippen molar-refractivity contribution in [2.45, 2.75) is 0 Å². The Bertz CT molecular complexity index is 175. The molecule has 0 radical (unpaired) electrons.